The molecule has 21 heavy (non-hydrogen) atoms. The van der Waals surface area contributed by atoms with Gasteiger partial charge in [-0.05, 0) is 44.5 Å². The molecule has 1 aromatic carbocycles. The van der Waals surface area contributed by atoms with E-state index in [4.69, 9.17) is 5.73 Å². The molecule has 0 unspecified atom stereocenters. The van der Waals surface area contributed by atoms with Gasteiger partial charge in [0.1, 0.15) is 5.82 Å². The van der Waals surface area contributed by atoms with Gasteiger partial charge in [0.15, 0.2) is 0 Å². The van der Waals surface area contributed by atoms with Crippen LogP contribution in [0.5, 0.6) is 0 Å². The second-order valence-corrected chi connectivity index (χ2v) is 6.41. The summed E-state index contributed by atoms with van der Waals surface area (Å²) in [5.74, 6) is -0.662. The minimum atomic E-state index is -3.93. The van der Waals surface area contributed by atoms with Gasteiger partial charge >= 0.3 is 0 Å². The molecule has 1 aromatic heterocycles. The Hall–Kier alpha value is -2.22. The number of nitrogens with zero attached hydrogens (tertiary/aromatic N) is 2. The van der Waals surface area contributed by atoms with Crippen LogP contribution < -0.4 is 10.5 Å². The highest BCUT2D eigenvalue weighted by molar-refractivity contribution is 7.92. The largest absolute Gasteiger partial charge is 0.396 e. The fourth-order valence-electron chi connectivity index (χ4n) is 1.87. The number of rotatable bonds is 3. The molecule has 0 aliphatic carbocycles. The second kappa shape index (κ2) is 5.28. The van der Waals surface area contributed by atoms with Crippen LogP contribution in [0.2, 0.25) is 0 Å². The van der Waals surface area contributed by atoms with Crippen LogP contribution in [0.25, 0.3) is 0 Å². The van der Waals surface area contributed by atoms with Gasteiger partial charge in [-0.25, -0.2) is 27.5 Å². The molecular formula is C13H15FN4O2S. The number of aryl methyl sites for hydroxylation is 3. The van der Waals surface area contributed by atoms with Crippen LogP contribution in [-0.4, -0.2) is 18.4 Å². The monoisotopic (exact) mass is 310 g/mol. The van der Waals surface area contributed by atoms with E-state index in [1.807, 2.05) is 0 Å². The van der Waals surface area contributed by atoms with Crippen LogP contribution in [0.4, 0.5) is 16.0 Å². The maximum Gasteiger partial charge on any atom is 0.264 e. The Morgan fingerprint density at radius 1 is 1.10 bits per heavy atom. The number of nitrogen functional groups attached to an aromatic ring is 1. The quantitative estimate of drug-likeness (QED) is 0.844. The number of halogens is 1. The van der Waals surface area contributed by atoms with Crippen molar-refractivity contribution >= 4 is 21.7 Å². The minimum absolute atomic E-state index is 0.0342. The van der Waals surface area contributed by atoms with Gasteiger partial charge in [0.25, 0.3) is 10.0 Å². The van der Waals surface area contributed by atoms with Gasteiger partial charge in [-0.15, -0.1) is 0 Å². The Balaban J connectivity index is 2.43. The topological polar surface area (TPSA) is 98.0 Å². The fraction of sp³-hybridized carbons (Fsp3) is 0.231. The molecule has 0 bridgehead atoms. The van der Waals surface area contributed by atoms with Crippen molar-refractivity contribution in [1.82, 2.24) is 9.97 Å². The van der Waals surface area contributed by atoms with E-state index in [1.54, 1.807) is 19.9 Å². The van der Waals surface area contributed by atoms with Gasteiger partial charge in [-0.3, -0.25) is 0 Å². The smallest absolute Gasteiger partial charge is 0.264 e. The zero-order valence-electron chi connectivity index (χ0n) is 11.8. The molecule has 0 spiro atoms. The van der Waals surface area contributed by atoms with E-state index in [1.165, 1.54) is 13.0 Å². The van der Waals surface area contributed by atoms with E-state index in [9.17, 15) is 12.8 Å². The molecule has 0 saturated heterocycles. The molecule has 0 aliphatic heterocycles. The molecule has 0 aliphatic rings. The number of sulfonamides is 1. The predicted molar refractivity (Wildman–Crippen MR) is 77.9 cm³/mol. The number of nitrogens with two attached hydrogens (primary N) is 1. The lowest BCUT2D eigenvalue weighted by atomic mass is 10.2. The summed E-state index contributed by atoms with van der Waals surface area (Å²) in [5, 5.41) is 0. The van der Waals surface area contributed by atoms with Crippen molar-refractivity contribution in [1.29, 1.82) is 0 Å². The number of hydrogen-bond acceptors (Lipinski definition) is 5. The summed E-state index contributed by atoms with van der Waals surface area (Å²) in [5.41, 5.74) is 6.65. The van der Waals surface area contributed by atoms with Crippen molar-refractivity contribution in [3.05, 3.63) is 41.0 Å². The Labute approximate surface area is 122 Å². The third-order valence-electron chi connectivity index (χ3n) is 2.77. The maximum absolute atomic E-state index is 13.5. The number of benzene rings is 1. The Kier molecular flexibility index (Phi) is 3.82. The van der Waals surface area contributed by atoms with E-state index in [0.29, 0.717) is 11.4 Å². The number of hydrogen-bond donors (Lipinski definition) is 2. The zero-order valence-corrected chi connectivity index (χ0v) is 12.6. The van der Waals surface area contributed by atoms with Crippen LogP contribution in [0.3, 0.4) is 0 Å². The molecule has 2 rings (SSSR count). The third-order valence-corrected chi connectivity index (χ3v) is 4.08. The minimum Gasteiger partial charge on any atom is -0.396 e. The summed E-state index contributed by atoms with van der Waals surface area (Å²) in [6.07, 6.45) is 0. The normalized spacial score (nSPS) is 11.4. The molecule has 0 amide bonds. The summed E-state index contributed by atoms with van der Waals surface area (Å²) in [6.45, 7) is 4.90. The van der Waals surface area contributed by atoms with Crippen molar-refractivity contribution < 1.29 is 12.8 Å². The molecular weight excluding hydrogens is 295 g/mol. The molecule has 1 heterocycles. The van der Waals surface area contributed by atoms with E-state index < -0.39 is 15.8 Å². The molecule has 2 aromatic rings. The second-order valence-electron chi connectivity index (χ2n) is 4.72. The van der Waals surface area contributed by atoms with Crippen molar-refractivity contribution in [2.75, 3.05) is 10.5 Å². The number of anilines is 2. The van der Waals surface area contributed by atoms with Crippen LogP contribution in [-0.2, 0) is 10.0 Å². The van der Waals surface area contributed by atoms with E-state index in [-0.39, 0.29) is 22.1 Å². The lowest BCUT2D eigenvalue weighted by Gasteiger charge is -2.10. The van der Waals surface area contributed by atoms with Crippen LogP contribution in [0.1, 0.15) is 17.0 Å². The van der Waals surface area contributed by atoms with Crippen LogP contribution in [0.15, 0.2) is 23.1 Å². The number of aromatic nitrogens is 2. The first kappa shape index (κ1) is 15.2. The van der Waals surface area contributed by atoms with Gasteiger partial charge in [0, 0.05) is 11.4 Å². The molecule has 6 nitrogen and oxygen atoms in total. The molecule has 3 N–H and O–H groups in total. The molecule has 0 radical (unpaired) electrons. The number of nitrogens with one attached hydrogen (secondary N) is 1. The molecule has 0 fully saturated rings. The van der Waals surface area contributed by atoms with Crippen LogP contribution >= 0.6 is 0 Å². The van der Waals surface area contributed by atoms with Gasteiger partial charge in [-0.2, -0.15) is 0 Å². The summed E-state index contributed by atoms with van der Waals surface area (Å²) >= 11 is 0. The standard InChI is InChI=1S/C13H15FN4O2S/c1-7-4-10(6-11(15)12(7)14)21(19,20)18-13-16-8(2)5-9(3)17-13/h4-6H,15H2,1-3H3,(H,16,17,18). The lowest BCUT2D eigenvalue weighted by molar-refractivity contribution is 0.598. The highest BCUT2D eigenvalue weighted by Crippen LogP contribution is 2.22. The fourth-order valence-corrected chi connectivity index (χ4v) is 2.93. The van der Waals surface area contributed by atoms with Crippen LogP contribution in [0, 0.1) is 26.6 Å². The first-order valence-electron chi connectivity index (χ1n) is 6.10. The molecule has 0 saturated carbocycles. The van der Waals surface area contributed by atoms with Crippen molar-refractivity contribution in [3.63, 3.8) is 0 Å². The molecule has 0 atom stereocenters. The Morgan fingerprint density at radius 2 is 1.67 bits per heavy atom. The first-order valence-corrected chi connectivity index (χ1v) is 7.58. The van der Waals surface area contributed by atoms with E-state index >= 15 is 0 Å². The van der Waals surface area contributed by atoms with Gasteiger partial charge in [0.2, 0.25) is 5.95 Å². The summed E-state index contributed by atoms with van der Waals surface area (Å²) in [7, 11) is -3.93. The highest BCUT2D eigenvalue weighted by Gasteiger charge is 2.19. The maximum atomic E-state index is 13.5. The first-order chi connectivity index (χ1) is 9.69. The van der Waals surface area contributed by atoms with Gasteiger partial charge < -0.3 is 5.73 Å². The van der Waals surface area contributed by atoms with Crippen molar-refractivity contribution in [3.8, 4) is 0 Å². The van der Waals surface area contributed by atoms with Crippen molar-refractivity contribution in [2.45, 2.75) is 25.7 Å². The molecule has 112 valence electrons. The van der Waals surface area contributed by atoms with Gasteiger partial charge in [0.05, 0.1) is 10.6 Å². The van der Waals surface area contributed by atoms with Gasteiger partial charge in [-0.1, -0.05) is 0 Å². The predicted octanol–water partition coefficient (Wildman–Crippen LogP) is 1.92. The Bertz CT molecular complexity index is 763. The zero-order chi connectivity index (χ0) is 15.8. The summed E-state index contributed by atoms with van der Waals surface area (Å²) in [4.78, 5) is 7.86. The third kappa shape index (κ3) is 3.27. The average molecular weight is 310 g/mol. The van der Waals surface area contributed by atoms with E-state index in [2.05, 4.69) is 14.7 Å². The average Bonchev–Trinajstić information content (AvgIpc) is 2.33. The summed E-state index contributed by atoms with van der Waals surface area (Å²) in [6, 6.07) is 3.99. The SMILES string of the molecule is Cc1cc(C)nc(NS(=O)(=O)c2cc(C)c(F)c(N)c2)n1. The van der Waals surface area contributed by atoms with E-state index in [0.717, 1.165) is 6.07 Å². The highest BCUT2D eigenvalue weighted by atomic mass is 32.2. The van der Waals surface area contributed by atoms with Crippen molar-refractivity contribution in [2.24, 2.45) is 0 Å². The lowest BCUT2D eigenvalue weighted by Crippen LogP contribution is -2.16. The summed E-state index contributed by atoms with van der Waals surface area (Å²) < 4.78 is 40.3. The Morgan fingerprint density at radius 3 is 2.19 bits per heavy atom. The molecule has 8 heteroatoms.